The van der Waals surface area contributed by atoms with E-state index in [0.29, 0.717) is 5.92 Å². The van der Waals surface area contributed by atoms with Crippen molar-refractivity contribution >= 4 is 17.8 Å². The second-order valence-corrected chi connectivity index (χ2v) is 8.33. The molecular weight excluding hydrogens is 354 g/mol. The van der Waals surface area contributed by atoms with Crippen LogP contribution in [0.25, 0.3) is 0 Å². The first kappa shape index (κ1) is 20.4. The SMILES string of the molecule is CCCc1ccc(C2(C)NC(=O)N(CC(=O)NC3CCCCC3C)C2=O)cc1. The first-order valence-electron chi connectivity index (χ1n) is 10.4. The summed E-state index contributed by atoms with van der Waals surface area (Å²) >= 11 is 0. The Balaban J connectivity index is 1.67. The quantitative estimate of drug-likeness (QED) is 0.739. The summed E-state index contributed by atoms with van der Waals surface area (Å²) in [5.74, 6) is -0.231. The van der Waals surface area contributed by atoms with E-state index in [-0.39, 0.29) is 24.4 Å². The fourth-order valence-corrected chi connectivity index (χ4v) is 4.26. The lowest BCUT2D eigenvalue weighted by Gasteiger charge is -2.30. The molecule has 1 aromatic rings. The standard InChI is InChI=1S/C22H31N3O3/c1-4-7-16-10-12-17(13-11-16)22(3)20(27)25(21(28)24-22)14-19(26)23-18-9-6-5-8-15(18)2/h10-13,15,18H,4-9,14H2,1-3H3,(H,23,26)(H,24,28). The molecule has 2 fully saturated rings. The Morgan fingerprint density at radius 1 is 1.21 bits per heavy atom. The fraction of sp³-hybridized carbons (Fsp3) is 0.591. The van der Waals surface area contributed by atoms with Crippen LogP contribution in [-0.2, 0) is 21.5 Å². The molecule has 1 aliphatic heterocycles. The van der Waals surface area contributed by atoms with Gasteiger partial charge in [-0.3, -0.25) is 14.5 Å². The number of amides is 4. The van der Waals surface area contributed by atoms with Crippen LogP contribution in [0.4, 0.5) is 4.79 Å². The van der Waals surface area contributed by atoms with Crippen molar-refractivity contribution in [3.05, 3.63) is 35.4 Å². The Bertz CT molecular complexity index is 746. The van der Waals surface area contributed by atoms with E-state index in [0.717, 1.165) is 42.6 Å². The monoisotopic (exact) mass is 385 g/mol. The molecule has 6 nitrogen and oxygen atoms in total. The van der Waals surface area contributed by atoms with Crippen LogP contribution in [0, 0.1) is 5.92 Å². The van der Waals surface area contributed by atoms with Crippen molar-refractivity contribution in [2.24, 2.45) is 5.92 Å². The Morgan fingerprint density at radius 2 is 1.89 bits per heavy atom. The van der Waals surface area contributed by atoms with E-state index in [1.807, 2.05) is 24.3 Å². The van der Waals surface area contributed by atoms with E-state index < -0.39 is 11.6 Å². The van der Waals surface area contributed by atoms with Crippen LogP contribution >= 0.6 is 0 Å². The molecule has 2 aliphatic rings. The summed E-state index contributed by atoms with van der Waals surface area (Å²) in [7, 11) is 0. The minimum Gasteiger partial charge on any atom is -0.352 e. The fourth-order valence-electron chi connectivity index (χ4n) is 4.26. The maximum atomic E-state index is 13.0. The summed E-state index contributed by atoms with van der Waals surface area (Å²) in [6.45, 7) is 5.71. The molecule has 0 aromatic heterocycles. The molecule has 1 aromatic carbocycles. The zero-order valence-corrected chi connectivity index (χ0v) is 17.1. The number of hydrogen-bond donors (Lipinski definition) is 2. The van der Waals surface area contributed by atoms with Gasteiger partial charge in [-0.2, -0.15) is 0 Å². The van der Waals surface area contributed by atoms with Gasteiger partial charge in [0.05, 0.1) is 0 Å². The third-order valence-corrected chi connectivity index (χ3v) is 6.10. The van der Waals surface area contributed by atoms with Crippen molar-refractivity contribution in [1.29, 1.82) is 0 Å². The molecule has 0 radical (unpaired) electrons. The van der Waals surface area contributed by atoms with E-state index in [1.54, 1.807) is 6.92 Å². The van der Waals surface area contributed by atoms with E-state index in [9.17, 15) is 14.4 Å². The minimum atomic E-state index is -1.14. The molecule has 152 valence electrons. The van der Waals surface area contributed by atoms with Gasteiger partial charge in [0.2, 0.25) is 5.91 Å². The van der Waals surface area contributed by atoms with Crippen molar-refractivity contribution in [3.8, 4) is 0 Å². The molecule has 3 unspecified atom stereocenters. The van der Waals surface area contributed by atoms with Crippen molar-refractivity contribution in [2.75, 3.05) is 6.54 Å². The molecule has 4 amide bonds. The number of nitrogens with one attached hydrogen (secondary N) is 2. The lowest BCUT2D eigenvalue weighted by atomic mass is 9.86. The van der Waals surface area contributed by atoms with Gasteiger partial charge in [-0.05, 0) is 43.2 Å². The second kappa shape index (κ2) is 8.33. The number of carbonyl (C=O) groups excluding carboxylic acids is 3. The molecular formula is C22H31N3O3. The van der Waals surface area contributed by atoms with E-state index in [2.05, 4.69) is 24.5 Å². The van der Waals surface area contributed by atoms with Gasteiger partial charge >= 0.3 is 6.03 Å². The van der Waals surface area contributed by atoms with Gasteiger partial charge in [0, 0.05) is 6.04 Å². The van der Waals surface area contributed by atoms with Crippen LogP contribution in [-0.4, -0.2) is 35.3 Å². The Kier molecular flexibility index (Phi) is 6.06. The molecule has 1 saturated carbocycles. The first-order chi connectivity index (χ1) is 13.3. The van der Waals surface area contributed by atoms with Crippen molar-refractivity contribution < 1.29 is 14.4 Å². The maximum absolute atomic E-state index is 13.0. The van der Waals surface area contributed by atoms with Crippen LogP contribution in [0.5, 0.6) is 0 Å². The smallest absolute Gasteiger partial charge is 0.325 e. The Morgan fingerprint density at radius 3 is 2.54 bits per heavy atom. The Labute approximate surface area is 167 Å². The van der Waals surface area contributed by atoms with Crippen molar-refractivity contribution in [2.45, 2.75) is 70.9 Å². The normalized spacial score (nSPS) is 27.6. The average molecular weight is 386 g/mol. The van der Waals surface area contributed by atoms with Gasteiger partial charge in [0.1, 0.15) is 12.1 Å². The van der Waals surface area contributed by atoms with Crippen LogP contribution in [0.3, 0.4) is 0 Å². The number of benzene rings is 1. The molecule has 28 heavy (non-hydrogen) atoms. The molecule has 1 aliphatic carbocycles. The predicted octanol–water partition coefficient (Wildman–Crippen LogP) is 3.10. The summed E-state index contributed by atoms with van der Waals surface area (Å²) in [5.41, 5.74) is 0.791. The number of imide groups is 1. The highest BCUT2D eigenvalue weighted by Gasteiger charge is 2.49. The highest BCUT2D eigenvalue weighted by atomic mass is 16.2. The molecule has 6 heteroatoms. The summed E-state index contributed by atoms with van der Waals surface area (Å²) < 4.78 is 0. The lowest BCUT2D eigenvalue weighted by Crippen LogP contribution is -2.47. The van der Waals surface area contributed by atoms with Gasteiger partial charge in [-0.1, -0.05) is 57.4 Å². The topological polar surface area (TPSA) is 78.5 Å². The maximum Gasteiger partial charge on any atom is 0.325 e. The van der Waals surface area contributed by atoms with Crippen molar-refractivity contribution in [1.82, 2.24) is 15.5 Å². The van der Waals surface area contributed by atoms with E-state index >= 15 is 0 Å². The number of carbonyl (C=O) groups is 3. The number of aryl methyl sites for hydroxylation is 1. The van der Waals surface area contributed by atoms with Crippen LogP contribution in [0.2, 0.25) is 0 Å². The third-order valence-electron chi connectivity index (χ3n) is 6.10. The van der Waals surface area contributed by atoms with Gasteiger partial charge in [-0.15, -0.1) is 0 Å². The summed E-state index contributed by atoms with van der Waals surface area (Å²) in [6.07, 6.45) is 6.37. The number of nitrogens with zero attached hydrogens (tertiary/aromatic N) is 1. The van der Waals surface area contributed by atoms with Crippen LogP contribution in [0.1, 0.15) is 64.0 Å². The lowest BCUT2D eigenvalue weighted by molar-refractivity contribution is -0.135. The zero-order chi connectivity index (χ0) is 20.3. The minimum absolute atomic E-state index is 0.125. The molecule has 1 heterocycles. The van der Waals surface area contributed by atoms with Crippen molar-refractivity contribution in [3.63, 3.8) is 0 Å². The highest BCUT2D eigenvalue weighted by molar-refractivity contribution is 6.09. The predicted molar refractivity (Wildman–Crippen MR) is 108 cm³/mol. The molecule has 3 atom stereocenters. The second-order valence-electron chi connectivity index (χ2n) is 8.33. The van der Waals surface area contributed by atoms with Gasteiger partial charge in [0.25, 0.3) is 5.91 Å². The summed E-state index contributed by atoms with van der Waals surface area (Å²) in [4.78, 5) is 39.0. The number of hydrogen-bond acceptors (Lipinski definition) is 3. The van der Waals surface area contributed by atoms with Crippen LogP contribution < -0.4 is 10.6 Å². The number of urea groups is 1. The first-order valence-corrected chi connectivity index (χ1v) is 10.4. The zero-order valence-electron chi connectivity index (χ0n) is 17.1. The largest absolute Gasteiger partial charge is 0.352 e. The molecule has 0 bridgehead atoms. The average Bonchev–Trinajstić information content (AvgIpc) is 2.88. The summed E-state index contributed by atoms with van der Waals surface area (Å²) in [5, 5.41) is 5.79. The van der Waals surface area contributed by atoms with Gasteiger partial charge in [-0.25, -0.2) is 4.79 Å². The van der Waals surface area contributed by atoms with E-state index in [4.69, 9.17) is 0 Å². The molecule has 2 N–H and O–H groups in total. The van der Waals surface area contributed by atoms with Crippen LogP contribution in [0.15, 0.2) is 24.3 Å². The summed E-state index contributed by atoms with van der Waals surface area (Å²) in [6, 6.07) is 7.36. The Hall–Kier alpha value is -2.37. The van der Waals surface area contributed by atoms with Gasteiger partial charge in [0.15, 0.2) is 0 Å². The molecule has 3 rings (SSSR count). The third kappa shape index (κ3) is 4.05. The van der Waals surface area contributed by atoms with Gasteiger partial charge < -0.3 is 10.6 Å². The highest BCUT2D eigenvalue weighted by Crippen LogP contribution is 2.29. The van der Waals surface area contributed by atoms with E-state index in [1.165, 1.54) is 12.0 Å². The molecule has 0 spiro atoms. The molecule has 1 saturated heterocycles. The number of rotatable bonds is 6.